The maximum atomic E-state index is 11.6. The minimum absolute atomic E-state index is 0.268. The van der Waals surface area contributed by atoms with Gasteiger partial charge in [-0.25, -0.2) is 4.57 Å². The molecule has 0 aromatic carbocycles. The van der Waals surface area contributed by atoms with Crippen molar-refractivity contribution < 1.29 is 43.4 Å². The van der Waals surface area contributed by atoms with E-state index in [4.69, 9.17) is 14.9 Å². The highest BCUT2D eigenvalue weighted by atomic mass is 31.2. The van der Waals surface area contributed by atoms with Gasteiger partial charge in [-0.05, 0) is 6.42 Å². The molecule has 10 heteroatoms. The Morgan fingerprint density at radius 1 is 0.857 bits per heavy atom. The predicted molar refractivity (Wildman–Crippen MR) is 104 cm³/mol. The Hall–Kier alpha value is -0.540. The molecule has 0 saturated heterocycles. The normalized spacial score (nSPS) is 15.8. The topological polar surface area (TPSA) is 143 Å². The number of phosphoric acid groups is 1. The van der Waals surface area contributed by atoms with E-state index in [1.165, 1.54) is 38.5 Å². The van der Waals surface area contributed by atoms with E-state index in [1.54, 1.807) is 0 Å². The summed E-state index contributed by atoms with van der Waals surface area (Å²) in [5.41, 5.74) is 0. The molecule has 0 aliphatic rings. The zero-order valence-corrected chi connectivity index (χ0v) is 17.7. The van der Waals surface area contributed by atoms with E-state index >= 15 is 0 Å². The van der Waals surface area contributed by atoms with Gasteiger partial charge in [-0.15, -0.1) is 0 Å². The fourth-order valence-electron chi connectivity index (χ4n) is 2.34. The van der Waals surface area contributed by atoms with Gasteiger partial charge >= 0.3 is 13.8 Å². The Kier molecular flexibility index (Phi) is 17.0. The maximum absolute atomic E-state index is 11.6. The molecule has 0 aliphatic heterocycles. The van der Waals surface area contributed by atoms with Crippen molar-refractivity contribution >= 4 is 13.8 Å². The highest BCUT2D eigenvalue weighted by Gasteiger charge is 2.24. The molecule has 28 heavy (non-hydrogen) atoms. The summed E-state index contributed by atoms with van der Waals surface area (Å²) >= 11 is 0. The SMILES string of the molecule is CCCCCCCCCCCC(=O)OC[C@@H](O)COP(=O)(O)OC[C@@H](O)CO. The number of carbonyl (C=O) groups excluding carboxylic acids is 1. The Morgan fingerprint density at radius 2 is 1.36 bits per heavy atom. The molecule has 3 atom stereocenters. The minimum Gasteiger partial charge on any atom is -0.463 e. The number of aliphatic hydroxyl groups excluding tert-OH is 3. The fraction of sp³-hybridized carbons (Fsp3) is 0.944. The van der Waals surface area contributed by atoms with Crippen LogP contribution < -0.4 is 0 Å². The number of rotatable bonds is 19. The molecule has 0 amide bonds. The molecule has 0 aromatic heterocycles. The first-order chi connectivity index (χ1) is 13.3. The highest BCUT2D eigenvalue weighted by Crippen LogP contribution is 2.43. The van der Waals surface area contributed by atoms with E-state index < -0.39 is 45.8 Å². The molecule has 0 aliphatic carbocycles. The molecule has 0 bridgehead atoms. The molecule has 1 unspecified atom stereocenters. The van der Waals surface area contributed by atoms with Gasteiger partial charge < -0.3 is 24.9 Å². The van der Waals surface area contributed by atoms with Crippen molar-refractivity contribution in [1.82, 2.24) is 0 Å². The van der Waals surface area contributed by atoms with Gasteiger partial charge in [0, 0.05) is 6.42 Å². The molecule has 4 N–H and O–H groups in total. The molecule has 0 radical (unpaired) electrons. The summed E-state index contributed by atoms with van der Waals surface area (Å²) in [6.07, 6.45) is 7.95. The maximum Gasteiger partial charge on any atom is 0.472 e. The number of unbranched alkanes of at least 4 members (excludes halogenated alkanes) is 8. The van der Waals surface area contributed by atoms with E-state index in [-0.39, 0.29) is 13.0 Å². The second kappa shape index (κ2) is 17.3. The van der Waals surface area contributed by atoms with Gasteiger partial charge in [0.2, 0.25) is 0 Å². The number of esters is 1. The lowest BCUT2D eigenvalue weighted by Crippen LogP contribution is -2.24. The minimum atomic E-state index is -4.47. The largest absolute Gasteiger partial charge is 0.472 e. The summed E-state index contributed by atoms with van der Waals surface area (Å²) in [4.78, 5) is 20.9. The van der Waals surface area contributed by atoms with Gasteiger partial charge in [-0.3, -0.25) is 13.8 Å². The zero-order valence-electron chi connectivity index (χ0n) is 16.8. The second-order valence-corrected chi connectivity index (χ2v) is 8.27. The summed E-state index contributed by atoms with van der Waals surface area (Å²) in [6, 6.07) is 0. The summed E-state index contributed by atoms with van der Waals surface area (Å²) in [5, 5.41) is 27.3. The molecule has 9 nitrogen and oxygen atoms in total. The van der Waals surface area contributed by atoms with Crippen molar-refractivity contribution in [2.24, 2.45) is 0 Å². The molecule has 0 rings (SSSR count). The molecular weight excluding hydrogens is 391 g/mol. The standard InChI is InChI=1S/C18H37O9P/c1-2-3-4-5-6-7-8-9-10-11-18(22)25-13-17(21)15-27-28(23,24)26-14-16(20)12-19/h16-17,19-21H,2-15H2,1H3,(H,23,24)/t16-,17+/m0/s1. The number of phosphoric ester groups is 1. The number of aliphatic hydroxyl groups is 3. The second-order valence-electron chi connectivity index (χ2n) is 6.81. The third kappa shape index (κ3) is 17.6. The van der Waals surface area contributed by atoms with Crippen molar-refractivity contribution in [3.05, 3.63) is 0 Å². The van der Waals surface area contributed by atoms with Gasteiger partial charge in [0.15, 0.2) is 0 Å². The van der Waals surface area contributed by atoms with Gasteiger partial charge in [0.1, 0.15) is 18.8 Å². The van der Waals surface area contributed by atoms with Crippen LogP contribution in [0.15, 0.2) is 0 Å². The van der Waals surface area contributed by atoms with E-state index in [1.807, 2.05) is 0 Å². The van der Waals surface area contributed by atoms with Gasteiger partial charge in [-0.2, -0.15) is 0 Å². The van der Waals surface area contributed by atoms with Crippen LogP contribution in [-0.4, -0.2) is 64.8 Å². The smallest absolute Gasteiger partial charge is 0.463 e. The first kappa shape index (κ1) is 27.5. The van der Waals surface area contributed by atoms with E-state index in [0.717, 1.165) is 19.3 Å². The lowest BCUT2D eigenvalue weighted by atomic mass is 10.1. The third-order valence-corrected chi connectivity index (χ3v) is 4.94. The van der Waals surface area contributed by atoms with Crippen molar-refractivity contribution in [2.75, 3.05) is 26.4 Å². The average molecular weight is 428 g/mol. The summed E-state index contributed by atoms with van der Waals surface area (Å²) in [5.74, 6) is -0.434. The molecule has 0 fully saturated rings. The van der Waals surface area contributed by atoms with Crippen LogP contribution in [0.5, 0.6) is 0 Å². The molecule has 168 valence electrons. The van der Waals surface area contributed by atoms with Gasteiger partial charge in [0.05, 0.1) is 19.8 Å². The van der Waals surface area contributed by atoms with Crippen LogP contribution >= 0.6 is 7.82 Å². The summed E-state index contributed by atoms with van der Waals surface area (Å²) in [6.45, 7) is 0.0487. The first-order valence-electron chi connectivity index (χ1n) is 10.0. The highest BCUT2D eigenvalue weighted by molar-refractivity contribution is 7.47. The van der Waals surface area contributed by atoms with Crippen LogP contribution in [0.1, 0.15) is 71.1 Å². The fourth-order valence-corrected chi connectivity index (χ4v) is 3.14. The van der Waals surface area contributed by atoms with Crippen LogP contribution in [0, 0.1) is 0 Å². The monoisotopic (exact) mass is 428 g/mol. The third-order valence-electron chi connectivity index (χ3n) is 3.99. The van der Waals surface area contributed by atoms with Crippen LogP contribution in [0.4, 0.5) is 0 Å². The summed E-state index contributed by atoms with van der Waals surface area (Å²) < 4.78 is 25.3. The predicted octanol–water partition coefficient (Wildman–Crippen LogP) is 2.30. The molecule has 0 aromatic rings. The molecule has 0 saturated carbocycles. The zero-order chi connectivity index (χ0) is 21.3. The van der Waals surface area contributed by atoms with Crippen LogP contribution in [-0.2, 0) is 23.1 Å². The van der Waals surface area contributed by atoms with Crippen molar-refractivity contribution in [2.45, 2.75) is 83.3 Å². The number of hydrogen-bond acceptors (Lipinski definition) is 8. The van der Waals surface area contributed by atoms with Crippen molar-refractivity contribution in [1.29, 1.82) is 0 Å². The van der Waals surface area contributed by atoms with Gasteiger partial charge in [-0.1, -0.05) is 58.3 Å². The molecule has 0 spiro atoms. The quantitative estimate of drug-likeness (QED) is 0.138. The van der Waals surface area contributed by atoms with Crippen LogP contribution in [0.3, 0.4) is 0 Å². The van der Waals surface area contributed by atoms with Crippen LogP contribution in [0.25, 0.3) is 0 Å². The molecule has 0 heterocycles. The summed E-state index contributed by atoms with van der Waals surface area (Å²) in [7, 11) is -4.47. The number of carbonyl (C=O) groups is 1. The Labute approximate surface area is 167 Å². The first-order valence-corrected chi connectivity index (χ1v) is 11.5. The van der Waals surface area contributed by atoms with Crippen molar-refractivity contribution in [3.63, 3.8) is 0 Å². The lowest BCUT2D eigenvalue weighted by molar-refractivity contribution is -0.147. The Bertz CT molecular complexity index is 433. The number of ether oxygens (including phenoxy) is 1. The Balaban J connectivity index is 3.66. The van der Waals surface area contributed by atoms with Crippen LogP contribution in [0.2, 0.25) is 0 Å². The van der Waals surface area contributed by atoms with E-state index in [9.17, 15) is 19.4 Å². The Morgan fingerprint density at radius 3 is 1.89 bits per heavy atom. The van der Waals surface area contributed by atoms with E-state index in [0.29, 0.717) is 0 Å². The molecular formula is C18H37O9P. The van der Waals surface area contributed by atoms with Gasteiger partial charge in [0.25, 0.3) is 0 Å². The van der Waals surface area contributed by atoms with Crippen molar-refractivity contribution in [3.8, 4) is 0 Å². The number of hydrogen-bond donors (Lipinski definition) is 4. The lowest BCUT2D eigenvalue weighted by Gasteiger charge is -2.16. The van der Waals surface area contributed by atoms with E-state index in [2.05, 4.69) is 16.0 Å². The average Bonchev–Trinajstić information content (AvgIpc) is 2.67.